The largest absolute Gasteiger partial charge is 0.496 e. The maximum atomic E-state index is 5.39. The summed E-state index contributed by atoms with van der Waals surface area (Å²) < 4.78 is 5.39. The standard InChI is InChI=1S/C16H25NO/c1-12-7-6-9-15(13(12)2)17-11-14-8-4-5-10-16(14)18-3/h4-5,8,10,12-13,15,17H,6-7,9,11H2,1-3H3/t12-,13+,15-/m1/s1. The summed E-state index contributed by atoms with van der Waals surface area (Å²) >= 11 is 0. The number of nitrogens with one attached hydrogen (secondary N) is 1. The Hall–Kier alpha value is -1.02. The SMILES string of the molecule is COc1ccccc1CN[C@@H]1CCC[C@@H](C)[C@@H]1C. The van der Waals surface area contributed by atoms with Gasteiger partial charge in [0.15, 0.2) is 0 Å². The first kappa shape index (κ1) is 13.4. The van der Waals surface area contributed by atoms with Crippen molar-refractivity contribution in [1.29, 1.82) is 0 Å². The molecule has 1 fully saturated rings. The normalized spacial score (nSPS) is 28.1. The average Bonchev–Trinajstić information content (AvgIpc) is 2.41. The molecular formula is C16H25NO. The van der Waals surface area contributed by atoms with Crippen LogP contribution in [-0.2, 0) is 6.54 Å². The Balaban J connectivity index is 1.94. The molecule has 1 N–H and O–H groups in total. The first-order valence-corrected chi connectivity index (χ1v) is 7.07. The fraction of sp³-hybridized carbons (Fsp3) is 0.625. The maximum Gasteiger partial charge on any atom is 0.123 e. The van der Waals surface area contributed by atoms with Crippen LogP contribution < -0.4 is 10.1 Å². The van der Waals surface area contributed by atoms with E-state index >= 15 is 0 Å². The first-order valence-electron chi connectivity index (χ1n) is 7.07. The fourth-order valence-corrected chi connectivity index (χ4v) is 2.96. The summed E-state index contributed by atoms with van der Waals surface area (Å²) in [7, 11) is 1.74. The van der Waals surface area contributed by atoms with Gasteiger partial charge in [0.2, 0.25) is 0 Å². The quantitative estimate of drug-likeness (QED) is 0.877. The number of ether oxygens (including phenoxy) is 1. The third kappa shape index (κ3) is 3.05. The molecule has 0 bridgehead atoms. The maximum absolute atomic E-state index is 5.39. The summed E-state index contributed by atoms with van der Waals surface area (Å²) in [6, 6.07) is 8.92. The second-order valence-electron chi connectivity index (χ2n) is 5.57. The predicted molar refractivity (Wildman–Crippen MR) is 75.8 cm³/mol. The van der Waals surface area contributed by atoms with Crippen molar-refractivity contribution >= 4 is 0 Å². The molecule has 1 aromatic carbocycles. The van der Waals surface area contributed by atoms with Gasteiger partial charge >= 0.3 is 0 Å². The molecule has 1 aliphatic rings. The molecule has 0 radical (unpaired) electrons. The van der Waals surface area contributed by atoms with Crippen molar-refractivity contribution in [3.05, 3.63) is 29.8 Å². The van der Waals surface area contributed by atoms with E-state index in [4.69, 9.17) is 4.74 Å². The van der Waals surface area contributed by atoms with Crippen LogP contribution in [0, 0.1) is 11.8 Å². The molecule has 1 saturated carbocycles. The van der Waals surface area contributed by atoms with Gasteiger partial charge in [-0.3, -0.25) is 0 Å². The van der Waals surface area contributed by atoms with Crippen molar-refractivity contribution in [3.63, 3.8) is 0 Å². The van der Waals surface area contributed by atoms with Crippen LogP contribution in [0.3, 0.4) is 0 Å². The van der Waals surface area contributed by atoms with Crippen molar-refractivity contribution in [2.24, 2.45) is 11.8 Å². The molecule has 100 valence electrons. The summed E-state index contributed by atoms with van der Waals surface area (Å²) in [6.07, 6.45) is 4.05. The van der Waals surface area contributed by atoms with Gasteiger partial charge in [0, 0.05) is 18.2 Å². The van der Waals surface area contributed by atoms with Crippen LogP contribution in [-0.4, -0.2) is 13.2 Å². The lowest BCUT2D eigenvalue weighted by Gasteiger charge is -2.35. The van der Waals surface area contributed by atoms with Crippen molar-refractivity contribution in [2.75, 3.05) is 7.11 Å². The van der Waals surface area contributed by atoms with Crippen LogP contribution in [0.2, 0.25) is 0 Å². The third-order valence-electron chi connectivity index (χ3n) is 4.45. The van der Waals surface area contributed by atoms with Crippen molar-refractivity contribution in [1.82, 2.24) is 5.32 Å². The zero-order valence-electron chi connectivity index (χ0n) is 11.8. The molecule has 2 heteroatoms. The fourth-order valence-electron chi connectivity index (χ4n) is 2.96. The van der Waals surface area contributed by atoms with E-state index in [-0.39, 0.29) is 0 Å². The summed E-state index contributed by atoms with van der Waals surface area (Å²) in [5.41, 5.74) is 1.26. The molecule has 1 aromatic rings. The molecule has 2 rings (SSSR count). The number of hydrogen-bond donors (Lipinski definition) is 1. The lowest BCUT2D eigenvalue weighted by Crippen LogP contribution is -2.40. The highest BCUT2D eigenvalue weighted by molar-refractivity contribution is 5.33. The number of para-hydroxylation sites is 1. The molecule has 0 saturated heterocycles. The van der Waals surface area contributed by atoms with E-state index in [1.807, 2.05) is 12.1 Å². The minimum absolute atomic E-state index is 0.652. The zero-order valence-corrected chi connectivity index (χ0v) is 11.8. The van der Waals surface area contributed by atoms with Crippen LogP contribution in [0.4, 0.5) is 0 Å². The second kappa shape index (κ2) is 6.24. The summed E-state index contributed by atoms with van der Waals surface area (Å²) in [5.74, 6) is 2.60. The Bertz CT molecular complexity index is 377. The highest BCUT2D eigenvalue weighted by Crippen LogP contribution is 2.30. The highest BCUT2D eigenvalue weighted by Gasteiger charge is 2.26. The Morgan fingerprint density at radius 2 is 2.00 bits per heavy atom. The van der Waals surface area contributed by atoms with Crippen molar-refractivity contribution in [3.8, 4) is 5.75 Å². The Morgan fingerprint density at radius 1 is 1.22 bits per heavy atom. The summed E-state index contributed by atoms with van der Waals surface area (Å²) in [5, 5.41) is 3.71. The number of hydrogen-bond acceptors (Lipinski definition) is 2. The zero-order chi connectivity index (χ0) is 13.0. The molecule has 0 unspecified atom stereocenters. The topological polar surface area (TPSA) is 21.3 Å². The van der Waals surface area contributed by atoms with Crippen molar-refractivity contribution in [2.45, 2.75) is 45.7 Å². The van der Waals surface area contributed by atoms with E-state index < -0.39 is 0 Å². The minimum atomic E-state index is 0.652. The molecule has 0 aromatic heterocycles. The van der Waals surface area contributed by atoms with Gasteiger partial charge in [0.25, 0.3) is 0 Å². The van der Waals surface area contributed by atoms with Gasteiger partial charge in [-0.05, 0) is 24.3 Å². The second-order valence-corrected chi connectivity index (χ2v) is 5.57. The number of methoxy groups -OCH3 is 1. The molecule has 0 amide bonds. The van der Waals surface area contributed by atoms with Crippen LogP contribution >= 0.6 is 0 Å². The monoisotopic (exact) mass is 247 g/mol. The summed E-state index contributed by atoms with van der Waals surface area (Å²) in [6.45, 7) is 5.66. The molecular weight excluding hydrogens is 222 g/mol. The molecule has 0 heterocycles. The molecule has 18 heavy (non-hydrogen) atoms. The van der Waals surface area contributed by atoms with Crippen LogP contribution in [0.1, 0.15) is 38.7 Å². The van der Waals surface area contributed by atoms with Crippen LogP contribution in [0.15, 0.2) is 24.3 Å². The van der Waals surface area contributed by atoms with E-state index in [0.29, 0.717) is 6.04 Å². The van der Waals surface area contributed by atoms with E-state index in [0.717, 1.165) is 24.1 Å². The summed E-state index contributed by atoms with van der Waals surface area (Å²) in [4.78, 5) is 0. The average molecular weight is 247 g/mol. The molecule has 1 aliphatic carbocycles. The molecule has 2 nitrogen and oxygen atoms in total. The molecule has 0 aliphatic heterocycles. The van der Waals surface area contributed by atoms with E-state index in [1.165, 1.54) is 24.8 Å². The lowest BCUT2D eigenvalue weighted by atomic mass is 9.78. The Labute approximate surface area is 111 Å². The van der Waals surface area contributed by atoms with Gasteiger partial charge in [-0.15, -0.1) is 0 Å². The smallest absolute Gasteiger partial charge is 0.123 e. The van der Waals surface area contributed by atoms with Gasteiger partial charge in [-0.2, -0.15) is 0 Å². The Kier molecular flexibility index (Phi) is 4.65. The number of rotatable bonds is 4. The van der Waals surface area contributed by atoms with Gasteiger partial charge in [0.05, 0.1) is 7.11 Å². The van der Waals surface area contributed by atoms with Gasteiger partial charge in [-0.1, -0.05) is 44.9 Å². The van der Waals surface area contributed by atoms with Gasteiger partial charge in [-0.25, -0.2) is 0 Å². The van der Waals surface area contributed by atoms with Crippen LogP contribution in [0.5, 0.6) is 5.75 Å². The predicted octanol–water partition coefficient (Wildman–Crippen LogP) is 3.61. The minimum Gasteiger partial charge on any atom is -0.496 e. The lowest BCUT2D eigenvalue weighted by molar-refractivity contribution is 0.205. The van der Waals surface area contributed by atoms with E-state index in [2.05, 4.69) is 31.3 Å². The highest BCUT2D eigenvalue weighted by atomic mass is 16.5. The first-order chi connectivity index (χ1) is 8.72. The van der Waals surface area contributed by atoms with Gasteiger partial charge < -0.3 is 10.1 Å². The number of benzene rings is 1. The third-order valence-corrected chi connectivity index (χ3v) is 4.45. The van der Waals surface area contributed by atoms with E-state index in [9.17, 15) is 0 Å². The molecule has 3 atom stereocenters. The molecule has 0 spiro atoms. The Morgan fingerprint density at radius 3 is 2.78 bits per heavy atom. The van der Waals surface area contributed by atoms with E-state index in [1.54, 1.807) is 7.11 Å². The van der Waals surface area contributed by atoms with Gasteiger partial charge in [0.1, 0.15) is 5.75 Å². The van der Waals surface area contributed by atoms with Crippen molar-refractivity contribution < 1.29 is 4.74 Å². The van der Waals surface area contributed by atoms with Crippen LogP contribution in [0.25, 0.3) is 0 Å².